The van der Waals surface area contributed by atoms with Crippen molar-refractivity contribution in [3.63, 3.8) is 0 Å². The topological polar surface area (TPSA) is 80.1 Å². The van der Waals surface area contributed by atoms with Crippen molar-refractivity contribution in [2.75, 3.05) is 13.1 Å². The zero-order valence-electron chi connectivity index (χ0n) is 15.5. The van der Waals surface area contributed by atoms with E-state index in [9.17, 15) is 9.59 Å². The lowest BCUT2D eigenvalue weighted by molar-refractivity contribution is -0.128. The number of nitrogens with one attached hydrogen (secondary N) is 1. The molecule has 7 nitrogen and oxygen atoms in total. The highest BCUT2D eigenvalue weighted by Gasteiger charge is 2.37. The van der Waals surface area contributed by atoms with Gasteiger partial charge >= 0.3 is 0 Å². The van der Waals surface area contributed by atoms with Crippen LogP contribution in [-0.2, 0) is 10.3 Å². The van der Waals surface area contributed by atoms with Crippen LogP contribution < -0.4 is 5.32 Å². The third kappa shape index (κ3) is 4.02. The van der Waals surface area contributed by atoms with Crippen molar-refractivity contribution in [1.82, 2.24) is 25.0 Å². The van der Waals surface area contributed by atoms with Crippen LogP contribution >= 0.6 is 0 Å². The SMILES string of the molecule is CC(C)(C)n1cnc(C(=O)N2CCNC(=O)[C@@H]2CC2CCCCC2)n1. The Labute approximate surface area is 149 Å². The normalized spacial score (nSPS) is 22.8. The summed E-state index contributed by atoms with van der Waals surface area (Å²) in [5.41, 5.74) is -0.230. The Bertz CT molecular complexity index is 628. The van der Waals surface area contributed by atoms with Gasteiger partial charge in [0.2, 0.25) is 11.7 Å². The second kappa shape index (κ2) is 7.14. The van der Waals surface area contributed by atoms with Crippen LogP contribution in [0.4, 0.5) is 0 Å². The fourth-order valence-electron chi connectivity index (χ4n) is 3.74. The number of nitrogens with zero attached hydrogens (tertiary/aromatic N) is 4. The Balaban J connectivity index is 1.76. The monoisotopic (exact) mass is 347 g/mol. The molecule has 1 saturated carbocycles. The first kappa shape index (κ1) is 17.9. The van der Waals surface area contributed by atoms with Crippen LogP contribution in [0.1, 0.15) is 69.9 Å². The average Bonchev–Trinajstić information content (AvgIpc) is 3.07. The van der Waals surface area contributed by atoms with Crippen molar-refractivity contribution in [2.45, 2.75) is 70.9 Å². The summed E-state index contributed by atoms with van der Waals surface area (Å²) >= 11 is 0. The highest BCUT2D eigenvalue weighted by molar-refractivity contribution is 5.95. The molecular formula is C18H29N5O2. The molecule has 1 aliphatic carbocycles. The second-order valence-corrected chi connectivity index (χ2v) is 8.23. The largest absolute Gasteiger partial charge is 0.353 e. The van der Waals surface area contributed by atoms with Crippen molar-refractivity contribution in [1.29, 1.82) is 0 Å². The smallest absolute Gasteiger partial charge is 0.294 e. The standard InChI is InChI=1S/C18H29N5O2/c1-18(2,3)23-12-20-15(21-23)17(25)22-10-9-19-16(24)14(22)11-13-7-5-4-6-8-13/h12-14H,4-11H2,1-3H3,(H,19,24)/t14-/m0/s1. The Morgan fingerprint density at radius 1 is 1.28 bits per heavy atom. The molecule has 2 fully saturated rings. The summed E-state index contributed by atoms with van der Waals surface area (Å²) in [5.74, 6) is 0.426. The van der Waals surface area contributed by atoms with E-state index in [-0.39, 0.29) is 23.2 Å². The number of carbonyl (C=O) groups excluding carboxylic acids is 2. The van der Waals surface area contributed by atoms with Gasteiger partial charge in [0.15, 0.2) is 0 Å². The van der Waals surface area contributed by atoms with Crippen molar-refractivity contribution >= 4 is 11.8 Å². The molecule has 1 aromatic rings. The zero-order valence-corrected chi connectivity index (χ0v) is 15.5. The minimum atomic E-state index is -0.397. The van der Waals surface area contributed by atoms with Crippen molar-refractivity contribution < 1.29 is 9.59 Å². The minimum Gasteiger partial charge on any atom is -0.353 e. The van der Waals surface area contributed by atoms with Crippen LogP contribution in [0.2, 0.25) is 0 Å². The maximum Gasteiger partial charge on any atom is 0.294 e. The van der Waals surface area contributed by atoms with Gasteiger partial charge in [-0.1, -0.05) is 32.1 Å². The molecule has 25 heavy (non-hydrogen) atoms. The first-order valence-corrected chi connectivity index (χ1v) is 9.37. The number of aromatic nitrogens is 3. The molecule has 138 valence electrons. The predicted octanol–water partition coefficient (Wildman–Crippen LogP) is 1.94. The molecule has 2 heterocycles. The van der Waals surface area contributed by atoms with Gasteiger partial charge in [0.1, 0.15) is 12.4 Å². The van der Waals surface area contributed by atoms with Crippen LogP contribution in [0.15, 0.2) is 6.33 Å². The molecule has 1 aromatic heterocycles. The lowest BCUT2D eigenvalue weighted by atomic mass is 9.84. The van der Waals surface area contributed by atoms with Gasteiger partial charge in [-0.3, -0.25) is 9.59 Å². The summed E-state index contributed by atoms with van der Waals surface area (Å²) in [6, 6.07) is -0.397. The van der Waals surface area contributed by atoms with E-state index in [1.807, 2.05) is 20.8 Å². The molecule has 0 aromatic carbocycles. The second-order valence-electron chi connectivity index (χ2n) is 8.23. The number of carbonyl (C=O) groups is 2. The Hall–Kier alpha value is -1.92. The molecule has 1 atom stereocenters. The molecule has 0 spiro atoms. The van der Waals surface area contributed by atoms with Gasteiger partial charge in [-0.05, 0) is 33.1 Å². The third-order valence-corrected chi connectivity index (χ3v) is 5.24. The quantitative estimate of drug-likeness (QED) is 0.906. The molecular weight excluding hydrogens is 318 g/mol. The molecule has 7 heteroatoms. The fraction of sp³-hybridized carbons (Fsp3) is 0.778. The lowest BCUT2D eigenvalue weighted by Crippen LogP contribution is -2.58. The number of amides is 2. The van der Waals surface area contributed by atoms with Crippen LogP contribution in [0.3, 0.4) is 0 Å². The zero-order chi connectivity index (χ0) is 18.0. The van der Waals surface area contributed by atoms with Crippen molar-refractivity contribution in [2.24, 2.45) is 5.92 Å². The molecule has 2 amide bonds. The van der Waals surface area contributed by atoms with E-state index in [0.717, 1.165) is 19.3 Å². The van der Waals surface area contributed by atoms with Gasteiger partial charge < -0.3 is 10.2 Å². The summed E-state index contributed by atoms with van der Waals surface area (Å²) in [4.78, 5) is 31.2. The number of piperazine rings is 1. The van der Waals surface area contributed by atoms with Crippen molar-refractivity contribution in [3.05, 3.63) is 12.2 Å². The van der Waals surface area contributed by atoms with Gasteiger partial charge in [0.25, 0.3) is 5.91 Å². The van der Waals surface area contributed by atoms with Gasteiger partial charge in [0, 0.05) is 13.1 Å². The average molecular weight is 347 g/mol. The van der Waals surface area contributed by atoms with Crippen molar-refractivity contribution in [3.8, 4) is 0 Å². The lowest BCUT2D eigenvalue weighted by Gasteiger charge is -2.37. The van der Waals surface area contributed by atoms with E-state index in [2.05, 4.69) is 15.4 Å². The maximum atomic E-state index is 12.9. The van der Waals surface area contributed by atoms with Gasteiger partial charge in [-0.25, -0.2) is 9.67 Å². The van der Waals surface area contributed by atoms with E-state index in [4.69, 9.17) is 0 Å². The predicted molar refractivity (Wildman–Crippen MR) is 94.0 cm³/mol. The van der Waals surface area contributed by atoms with Crippen LogP contribution in [-0.4, -0.2) is 50.6 Å². The van der Waals surface area contributed by atoms with Gasteiger partial charge in [-0.2, -0.15) is 0 Å². The van der Waals surface area contributed by atoms with E-state index in [1.165, 1.54) is 19.3 Å². The molecule has 1 N–H and O–H groups in total. The van der Waals surface area contributed by atoms with E-state index in [0.29, 0.717) is 19.0 Å². The number of hydrogen-bond acceptors (Lipinski definition) is 4. The first-order chi connectivity index (χ1) is 11.9. The Kier molecular flexibility index (Phi) is 5.11. The summed E-state index contributed by atoms with van der Waals surface area (Å²) in [6.07, 6.45) is 8.38. The van der Waals surface area contributed by atoms with Gasteiger partial charge in [-0.15, -0.1) is 5.10 Å². The van der Waals surface area contributed by atoms with Crippen LogP contribution in [0, 0.1) is 5.92 Å². The molecule has 1 aliphatic heterocycles. The molecule has 0 unspecified atom stereocenters. The van der Waals surface area contributed by atoms with E-state index in [1.54, 1.807) is 15.9 Å². The summed E-state index contributed by atoms with van der Waals surface area (Å²) < 4.78 is 1.69. The van der Waals surface area contributed by atoms with Crippen LogP contribution in [0.5, 0.6) is 0 Å². The summed E-state index contributed by atoms with van der Waals surface area (Å²) in [5, 5.41) is 7.25. The molecule has 0 bridgehead atoms. The molecule has 3 rings (SSSR count). The third-order valence-electron chi connectivity index (χ3n) is 5.24. The first-order valence-electron chi connectivity index (χ1n) is 9.37. The maximum absolute atomic E-state index is 12.9. The summed E-state index contributed by atoms with van der Waals surface area (Å²) in [6.45, 7) is 7.04. The Morgan fingerprint density at radius 3 is 2.64 bits per heavy atom. The highest BCUT2D eigenvalue weighted by atomic mass is 16.2. The highest BCUT2D eigenvalue weighted by Crippen LogP contribution is 2.29. The minimum absolute atomic E-state index is 0.0413. The molecule has 2 aliphatic rings. The van der Waals surface area contributed by atoms with E-state index >= 15 is 0 Å². The van der Waals surface area contributed by atoms with Crippen LogP contribution in [0.25, 0.3) is 0 Å². The number of hydrogen-bond donors (Lipinski definition) is 1. The fourth-order valence-corrected chi connectivity index (χ4v) is 3.74. The molecule has 1 saturated heterocycles. The van der Waals surface area contributed by atoms with E-state index < -0.39 is 6.04 Å². The molecule has 0 radical (unpaired) electrons. The van der Waals surface area contributed by atoms with Gasteiger partial charge in [0.05, 0.1) is 5.54 Å². The summed E-state index contributed by atoms with van der Waals surface area (Å²) in [7, 11) is 0. The Morgan fingerprint density at radius 2 is 2.00 bits per heavy atom. The number of rotatable bonds is 3.